The number of carbonyl (C=O) groups excluding carboxylic acids is 1. The Bertz CT molecular complexity index is 829. The molecule has 104 valence electrons. The lowest BCUT2D eigenvalue weighted by Crippen LogP contribution is -2.12. The molecule has 0 aliphatic rings. The minimum absolute atomic E-state index is 0.210. The van der Waals surface area contributed by atoms with Crippen LogP contribution in [0.25, 0.3) is 11.2 Å². The average molecular weight is 278 g/mol. The van der Waals surface area contributed by atoms with Gasteiger partial charge in [-0.1, -0.05) is 6.07 Å². The minimum atomic E-state index is -0.210. The lowest BCUT2D eigenvalue weighted by atomic mass is 10.1. The molecule has 0 radical (unpaired) electrons. The largest absolute Gasteiger partial charge is 0.322 e. The number of amides is 1. The zero-order chi connectivity index (χ0) is 14.8. The highest BCUT2D eigenvalue weighted by Gasteiger charge is 2.09. The van der Waals surface area contributed by atoms with Crippen LogP contribution < -0.4 is 5.32 Å². The van der Waals surface area contributed by atoms with Crippen molar-refractivity contribution >= 4 is 22.8 Å². The highest BCUT2D eigenvalue weighted by molar-refractivity contribution is 6.05. The molecule has 5 heteroatoms. The van der Waals surface area contributed by atoms with E-state index in [9.17, 15) is 4.79 Å². The number of hydrogen-bond donors (Lipinski definition) is 1. The first-order valence-corrected chi connectivity index (χ1v) is 6.59. The Hall–Kier alpha value is -2.82. The molecule has 0 bridgehead atoms. The van der Waals surface area contributed by atoms with Crippen LogP contribution in [0.3, 0.4) is 0 Å². The molecule has 0 unspecified atom stereocenters. The van der Waals surface area contributed by atoms with Gasteiger partial charge in [0.25, 0.3) is 5.91 Å². The molecule has 21 heavy (non-hydrogen) atoms. The van der Waals surface area contributed by atoms with Crippen LogP contribution in [0.5, 0.6) is 0 Å². The van der Waals surface area contributed by atoms with Crippen molar-refractivity contribution in [3.05, 3.63) is 59.5 Å². The van der Waals surface area contributed by atoms with Crippen LogP contribution in [0.15, 0.2) is 42.9 Å². The van der Waals surface area contributed by atoms with E-state index in [0.717, 1.165) is 11.3 Å². The van der Waals surface area contributed by atoms with Gasteiger partial charge in [0.2, 0.25) is 0 Å². The lowest BCUT2D eigenvalue weighted by Gasteiger charge is -2.07. The number of rotatable bonds is 2. The van der Waals surface area contributed by atoms with Gasteiger partial charge >= 0.3 is 0 Å². The summed E-state index contributed by atoms with van der Waals surface area (Å²) in [6.45, 7) is 4.05. The van der Waals surface area contributed by atoms with Crippen LogP contribution in [0.4, 0.5) is 5.69 Å². The summed E-state index contributed by atoms with van der Waals surface area (Å²) in [5.41, 5.74) is 4.68. The summed E-state index contributed by atoms with van der Waals surface area (Å²) < 4.78 is 0. The number of aromatic nitrogens is 3. The van der Waals surface area contributed by atoms with Crippen LogP contribution in [0.1, 0.15) is 21.5 Å². The van der Waals surface area contributed by atoms with E-state index >= 15 is 0 Å². The molecule has 0 spiro atoms. The molecule has 0 fully saturated rings. The fourth-order valence-corrected chi connectivity index (χ4v) is 2.00. The predicted molar refractivity (Wildman–Crippen MR) is 81.2 cm³/mol. The van der Waals surface area contributed by atoms with E-state index in [-0.39, 0.29) is 5.91 Å². The van der Waals surface area contributed by atoms with Gasteiger partial charge in [-0.05, 0) is 43.2 Å². The summed E-state index contributed by atoms with van der Waals surface area (Å²) in [4.78, 5) is 24.6. The standard InChI is InChI=1S/C16H14N4O/c1-10-3-4-13(7-11(10)2)20-16(21)12-8-14-15(19-9-12)18-6-5-17-14/h3-9H,1-2H3,(H,20,21). The molecule has 0 saturated carbocycles. The highest BCUT2D eigenvalue weighted by Crippen LogP contribution is 2.16. The number of aryl methyl sites for hydroxylation is 2. The van der Waals surface area contributed by atoms with Crippen molar-refractivity contribution in [3.8, 4) is 0 Å². The summed E-state index contributed by atoms with van der Waals surface area (Å²) in [5.74, 6) is -0.210. The van der Waals surface area contributed by atoms with Gasteiger partial charge in [-0.3, -0.25) is 9.78 Å². The third kappa shape index (κ3) is 2.72. The van der Waals surface area contributed by atoms with Crippen LogP contribution in [0.2, 0.25) is 0 Å². The zero-order valence-corrected chi connectivity index (χ0v) is 11.8. The Morgan fingerprint density at radius 2 is 1.81 bits per heavy atom. The SMILES string of the molecule is Cc1ccc(NC(=O)c2cnc3nccnc3c2)cc1C. The Labute approximate surface area is 122 Å². The average Bonchev–Trinajstić information content (AvgIpc) is 2.50. The fraction of sp³-hybridized carbons (Fsp3) is 0.125. The van der Waals surface area contributed by atoms with Crippen LogP contribution in [-0.4, -0.2) is 20.9 Å². The molecule has 0 saturated heterocycles. The molecule has 1 aromatic carbocycles. The van der Waals surface area contributed by atoms with Crippen molar-refractivity contribution in [1.29, 1.82) is 0 Å². The molecule has 0 aliphatic heterocycles. The second-order valence-corrected chi connectivity index (χ2v) is 4.88. The van der Waals surface area contributed by atoms with E-state index in [4.69, 9.17) is 0 Å². The van der Waals surface area contributed by atoms with Crippen LogP contribution >= 0.6 is 0 Å². The topological polar surface area (TPSA) is 67.8 Å². The quantitative estimate of drug-likeness (QED) is 0.782. The summed E-state index contributed by atoms with van der Waals surface area (Å²) >= 11 is 0. The Morgan fingerprint density at radius 1 is 1.00 bits per heavy atom. The van der Waals surface area contributed by atoms with E-state index in [2.05, 4.69) is 20.3 Å². The maximum atomic E-state index is 12.3. The van der Waals surface area contributed by atoms with E-state index in [0.29, 0.717) is 16.7 Å². The second-order valence-electron chi connectivity index (χ2n) is 4.88. The second kappa shape index (κ2) is 5.28. The summed E-state index contributed by atoms with van der Waals surface area (Å²) in [5, 5.41) is 2.86. The summed E-state index contributed by atoms with van der Waals surface area (Å²) in [7, 11) is 0. The molecule has 0 atom stereocenters. The van der Waals surface area contributed by atoms with Gasteiger partial charge in [0, 0.05) is 24.3 Å². The van der Waals surface area contributed by atoms with Gasteiger partial charge in [0.05, 0.1) is 5.56 Å². The maximum absolute atomic E-state index is 12.3. The highest BCUT2D eigenvalue weighted by atomic mass is 16.1. The lowest BCUT2D eigenvalue weighted by molar-refractivity contribution is 0.102. The third-order valence-electron chi connectivity index (χ3n) is 3.35. The molecule has 1 amide bonds. The first-order chi connectivity index (χ1) is 10.1. The zero-order valence-electron chi connectivity index (χ0n) is 11.8. The van der Waals surface area contributed by atoms with E-state index in [1.165, 1.54) is 11.8 Å². The maximum Gasteiger partial charge on any atom is 0.257 e. The molecule has 2 aromatic heterocycles. The number of fused-ring (bicyclic) bond motifs is 1. The summed E-state index contributed by atoms with van der Waals surface area (Å²) in [6, 6.07) is 7.50. The van der Waals surface area contributed by atoms with Crippen LogP contribution in [-0.2, 0) is 0 Å². The van der Waals surface area contributed by atoms with Gasteiger partial charge in [-0.15, -0.1) is 0 Å². The predicted octanol–water partition coefficient (Wildman–Crippen LogP) is 2.89. The van der Waals surface area contributed by atoms with Crippen molar-refractivity contribution in [2.24, 2.45) is 0 Å². The van der Waals surface area contributed by atoms with E-state index in [1.807, 2.05) is 32.0 Å². The first kappa shape index (κ1) is 13.2. The molecule has 2 heterocycles. The van der Waals surface area contributed by atoms with Crippen molar-refractivity contribution in [1.82, 2.24) is 15.0 Å². The van der Waals surface area contributed by atoms with Gasteiger partial charge in [0.1, 0.15) is 5.52 Å². The number of pyridine rings is 1. The Morgan fingerprint density at radius 3 is 2.62 bits per heavy atom. The van der Waals surface area contributed by atoms with Gasteiger partial charge < -0.3 is 5.32 Å². The normalized spacial score (nSPS) is 10.6. The van der Waals surface area contributed by atoms with E-state index < -0.39 is 0 Å². The van der Waals surface area contributed by atoms with Gasteiger partial charge in [-0.2, -0.15) is 0 Å². The molecule has 3 rings (SSSR count). The molecule has 1 N–H and O–H groups in total. The first-order valence-electron chi connectivity index (χ1n) is 6.59. The number of anilines is 1. The number of carbonyl (C=O) groups is 1. The fourth-order valence-electron chi connectivity index (χ4n) is 2.00. The van der Waals surface area contributed by atoms with Gasteiger partial charge in [0.15, 0.2) is 5.65 Å². The molecule has 3 aromatic rings. The molecule has 5 nitrogen and oxygen atoms in total. The number of benzene rings is 1. The minimum Gasteiger partial charge on any atom is -0.322 e. The third-order valence-corrected chi connectivity index (χ3v) is 3.35. The number of nitrogens with zero attached hydrogens (tertiary/aromatic N) is 3. The van der Waals surface area contributed by atoms with Crippen molar-refractivity contribution in [3.63, 3.8) is 0 Å². The molecule has 0 aliphatic carbocycles. The number of hydrogen-bond acceptors (Lipinski definition) is 4. The smallest absolute Gasteiger partial charge is 0.257 e. The van der Waals surface area contributed by atoms with Gasteiger partial charge in [-0.25, -0.2) is 9.97 Å². The van der Waals surface area contributed by atoms with Crippen molar-refractivity contribution in [2.45, 2.75) is 13.8 Å². The van der Waals surface area contributed by atoms with E-state index in [1.54, 1.807) is 18.5 Å². The van der Waals surface area contributed by atoms with Crippen molar-refractivity contribution in [2.75, 3.05) is 5.32 Å². The summed E-state index contributed by atoms with van der Waals surface area (Å²) in [6.07, 6.45) is 4.66. The molecular weight excluding hydrogens is 264 g/mol. The molecular formula is C16H14N4O. The Kier molecular flexibility index (Phi) is 3.31. The Balaban J connectivity index is 1.87. The van der Waals surface area contributed by atoms with Crippen LogP contribution in [0, 0.1) is 13.8 Å². The van der Waals surface area contributed by atoms with Crippen molar-refractivity contribution < 1.29 is 4.79 Å². The number of nitrogens with one attached hydrogen (secondary N) is 1. The monoisotopic (exact) mass is 278 g/mol.